The molecule has 3 nitrogen and oxygen atoms in total. The number of aromatic nitrogens is 2. The molecule has 0 fully saturated rings. The smallest absolute Gasteiger partial charge is 0.102 e. The average molecular weight is 278 g/mol. The third-order valence-corrected chi connectivity index (χ3v) is 3.63. The van der Waals surface area contributed by atoms with Gasteiger partial charge in [0.25, 0.3) is 0 Å². The van der Waals surface area contributed by atoms with E-state index < -0.39 is 6.10 Å². The van der Waals surface area contributed by atoms with E-state index in [1.165, 1.54) is 0 Å². The van der Waals surface area contributed by atoms with Crippen LogP contribution < -0.4 is 0 Å². The standard InChI is InChI=1S/C18H18N2O/c1-12-9-13(2)18(19-11-12)17(21)10-15-8-7-14-5-3-4-6-16(14)20-15/h3-9,11,17,21H,10H2,1-2H3. The van der Waals surface area contributed by atoms with E-state index >= 15 is 0 Å². The topological polar surface area (TPSA) is 46.0 Å². The maximum atomic E-state index is 10.4. The Morgan fingerprint density at radius 2 is 1.90 bits per heavy atom. The third kappa shape index (κ3) is 2.93. The molecule has 0 aliphatic rings. The summed E-state index contributed by atoms with van der Waals surface area (Å²) in [4.78, 5) is 8.96. The summed E-state index contributed by atoms with van der Waals surface area (Å²) in [5.74, 6) is 0. The molecule has 0 bridgehead atoms. The van der Waals surface area contributed by atoms with E-state index in [2.05, 4.69) is 9.97 Å². The molecule has 3 rings (SSSR count). The van der Waals surface area contributed by atoms with Crippen LogP contribution in [0.3, 0.4) is 0 Å². The molecule has 106 valence electrons. The van der Waals surface area contributed by atoms with Gasteiger partial charge in [-0.15, -0.1) is 0 Å². The Balaban J connectivity index is 1.87. The largest absolute Gasteiger partial charge is 0.386 e. The molecule has 0 spiro atoms. The van der Waals surface area contributed by atoms with Gasteiger partial charge in [-0.3, -0.25) is 9.97 Å². The maximum absolute atomic E-state index is 10.4. The highest BCUT2D eigenvalue weighted by atomic mass is 16.3. The first-order valence-electron chi connectivity index (χ1n) is 7.09. The molecule has 3 aromatic rings. The summed E-state index contributed by atoms with van der Waals surface area (Å²) < 4.78 is 0. The predicted octanol–water partition coefficient (Wildman–Crippen LogP) is 3.52. The fourth-order valence-electron chi connectivity index (χ4n) is 2.59. The van der Waals surface area contributed by atoms with Crippen LogP contribution in [-0.2, 0) is 6.42 Å². The van der Waals surface area contributed by atoms with Gasteiger partial charge in [-0.2, -0.15) is 0 Å². The lowest BCUT2D eigenvalue weighted by molar-refractivity contribution is 0.171. The van der Waals surface area contributed by atoms with Crippen molar-refractivity contribution in [2.75, 3.05) is 0 Å². The van der Waals surface area contributed by atoms with Crippen molar-refractivity contribution in [2.24, 2.45) is 0 Å². The Hall–Kier alpha value is -2.26. The van der Waals surface area contributed by atoms with Crippen molar-refractivity contribution in [1.29, 1.82) is 0 Å². The number of aryl methyl sites for hydroxylation is 2. The van der Waals surface area contributed by atoms with Gasteiger partial charge in [0.2, 0.25) is 0 Å². The van der Waals surface area contributed by atoms with E-state index in [0.717, 1.165) is 33.4 Å². The lowest BCUT2D eigenvalue weighted by Gasteiger charge is -2.13. The Kier molecular flexibility index (Phi) is 3.67. The second-order valence-corrected chi connectivity index (χ2v) is 5.43. The Morgan fingerprint density at radius 1 is 1.10 bits per heavy atom. The Labute approximate surface area is 124 Å². The van der Waals surface area contributed by atoms with Crippen LogP contribution in [0.15, 0.2) is 48.7 Å². The zero-order chi connectivity index (χ0) is 14.8. The molecule has 0 aliphatic carbocycles. The van der Waals surface area contributed by atoms with Crippen molar-refractivity contribution in [3.8, 4) is 0 Å². The first kappa shape index (κ1) is 13.7. The van der Waals surface area contributed by atoms with Gasteiger partial charge in [0, 0.05) is 23.7 Å². The van der Waals surface area contributed by atoms with Gasteiger partial charge in [0.05, 0.1) is 11.2 Å². The Bertz CT molecular complexity index is 783. The van der Waals surface area contributed by atoms with Gasteiger partial charge >= 0.3 is 0 Å². The molecule has 1 aromatic carbocycles. The van der Waals surface area contributed by atoms with Crippen LogP contribution in [0.1, 0.15) is 28.6 Å². The molecule has 2 heterocycles. The lowest BCUT2D eigenvalue weighted by atomic mass is 10.0. The first-order valence-corrected chi connectivity index (χ1v) is 7.09. The lowest BCUT2D eigenvalue weighted by Crippen LogP contribution is -2.07. The van der Waals surface area contributed by atoms with Crippen LogP contribution in [0.4, 0.5) is 0 Å². The van der Waals surface area contributed by atoms with Crippen molar-refractivity contribution >= 4 is 10.9 Å². The van der Waals surface area contributed by atoms with Crippen LogP contribution in [0.5, 0.6) is 0 Å². The number of hydrogen-bond acceptors (Lipinski definition) is 3. The number of aliphatic hydroxyl groups is 1. The molecule has 1 atom stereocenters. The molecule has 21 heavy (non-hydrogen) atoms. The molecular weight excluding hydrogens is 260 g/mol. The van der Waals surface area contributed by atoms with E-state index in [4.69, 9.17) is 0 Å². The van der Waals surface area contributed by atoms with Crippen LogP contribution in [0.25, 0.3) is 10.9 Å². The van der Waals surface area contributed by atoms with Crippen LogP contribution >= 0.6 is 0 Å². The molecule has 1 unspecified atom stereocenters. The molecule has 2 aromatic heterocycles. The zero-order valence-corrected chi connectivity index (χ0v) is 12.2. The van der Waals surface area contributed by atoms with E-state index in [0.29, 0.717) is 6.42 Å². The second kappa shape index (κ2) is 5.62. The van der Waals surface area contributed by atoms with Gasteiger partial charge in [-0.1, -0.05) is 30.3 Å². The highest BCUT2D eigenvalue weighted by Crippen LogP contribution is 2.21. The number of para-hydroxylation sites is 1. The number of pyridine rings is 2. The maximum Gasteiger partial charge on any atom is 0.102 e. The number of hydrogen-bond donors (Lipinski definition) is 1. The summed E-state index contributed by atoms with van der Waals surface area (Å²) in [5, 5.41) is 11.5. The van der Waals surface area contributed by atoms with Crippen LogP contribution in [0, 0.1) is 13.8 Å². The summed E-state index contributed by atoms with van der Waals surface area (Å²) >= 11 is 0. The quantitative estimate of drug-likeness (QED) is 0.797. The summed E-state index contributed by atoms with van der Waals surface area (Å²) in [7, 11) is 0. The fraction of sp³-hybridized carbons (Fsp3) is 0.222. The van der Waals surface area contributed by atoms with Crippen molar-refractivity contribution in [3.05, 3.63) is 71.2 Å². The van der Waals surface area contributed by atoms with Crippen LogP contribution in [-0.4, -0.2) is 15.1 Å². The molecule has 0 saturated heterocycles. The normalized spacial score (nSPS) is 12.5. The van der Waals surface area contributed by atoms with Crippen molar-refractivity contribution < 1.29 is 5.11 Å². The molecule has 1 N–H and O–H groups in total. The van der Waals surface area contributed by atoms with Crippen molar-refractivity contribution in [3.63, 3.8) is 0 Å². The van der Waals surface area contributed by atoms with Gasteiger partial charge < -0.3 is 5.11 Å². The SMILES string of the molecule is Cc1cnc(C(O)Cc2ccc3ccccc3n2)c(C)c1. The van der Waals surface area contributed by atoms with Gasteiger partial charge in [-0.05, 0) is 37.1 Å². The summed E-state index contributed by atoms with van der Waals surface area (Å²) in [6.45, 7) is 3.98. The highest BCUT2D eigenvalue weighted by molar-refractivity contribution is 5.78. The molecule has 0 saturated carbocycles. The van der Waals surface area contributed by atoms with E-state index in [9.17, 15) is 5.11 Å². The summed E-state index contributed by atoms with van der Waals surface area (Å²) in [5.41, 5.74) is 4.69. The first-order chi connectivity index (χ1) is 10.1. The number of aliphatic hydroxyl groups excluding tert-OH is 1. The number of fused-ring (bicyclic) bond motifs is 1. The predicted molar refractivity (Wildman–Crippen MR) is 84.1 cm³/mol. The third-order valence-electron chi connectivity index (χ3n) is 3.63. The molecule has 0 aliphatic heterocycles. The second-order valence-electron chi connectivity index (χ2n) is 5.43. The minimum atomic E-state index is -0.626. The highest BCUT2D eigenvalue weighted by Gasteiger charge is 2.14. The van der Waals surface area contributed by atoms with Crippen molar-refractivity contribution in [1.82, 2.24) is 9.97 Å². The minimum absolute atomic E-state index is 0.474. The fourth-order valence-corrected chi connectivity index (χ4v) is 2.59. The molecule has 3 heteroatoms. The molecular formula is C18H18N2O. The average Bonchev–Trinajstić information content (AvgIpc) is 2.47. The molecule has 0 radical (unpaired) electrons. The van der Waals surface area contributed by atoms with E-state index in [1.807, 2.05) is 56.3 Å². The van der Waals surface area contributed by atoms with E-state index in [1.54, 1.807) is 6.20 Å². The number of nitrogens with zero attached hydrogens (tertiary/aromatic N) is 2. The van der Waals surface area contributed by atoms with Gasteiger partial charge in [-0.25, -0.2) is 0 Å². The summed E-state index contributed by atoms with van der Waals surface area (Å²) in [6.07, 6.45) is 1.64. The minimum Gasteiger partial charge on any atom is -0.386 e. The number of rotatable bonds is 3. The monoisotopic (exact) mass is 278 g/mol. The van der Waals surface area contributed by atoms with Crippen molar-refractivity contribution in [2.45, 2.75) is 26.4 Å². The Morgan fingerprint density at radius 3 is 2.71 bits per heavy atom. The zero-order valence-electron chi connectivity index (χ0n) is 12.2. The van der Waals surface area contributed by atoms with Gasteiger partial charge in [0.15, 0.2) is 0 Å². The van der Waals surface area contributed by atoms with E-state index in [-0.39, 0.29) is 0 Å². The van der Waals surface area contributed by atoms with Gasteiger partial charge in [0.1, 0.15) is 6.10 Å². The number of benzene rings is 1. The molecule has 0 amide bonds. The summed E-state index contributed by atoms with van der Waals surface area (Å²) in [6, 6.07) is 14.0. The van der Waals surface area contributed by atoms with Crippen LogP contribution in [0.2, 0.25) is 0 Å².